The van der Waals surface area contributed by atoms with Crippen molar-refractivity contribution in [3.63, 3.8) is 0 Å². The first-order valence-corrected chi connectivity index (χ1v) is 9.01. The summed E-state index contributed by atoms with van der Waals surface area (Å²) in [5, 5.41) is 25.4. The highest BCUT2D eigenvalue weighted by Crippen LogP contribution is 2.43. The van der Waals surface area contributed by atoms with Crippen molar-refractivity contribution < 1.29 is 19.6 Å². The molecule has 0 aliphatic carbocycles. The zero-order valence-electron chi connectivity index (χ0n) is 15.6. The molecule has 2 aromatic heterocycles. The molecule has 0 saturated carbocycles. The van der Waals surface area contributed by atoms with Gasteiger partial charge in [-0.2, -0.15) is 0 Å². The number of nitro benzene ring substituents is 1. The lowest BCUT2D eigenvalue weighted by Crippen LogP contribution is -2.22. The van der Waals surface area contributed by atoms with Gasteiger partial charge in [-0.3, -0.25) is 25.0 Å². The molecule has 0 bridgehead atoms. The largest absolute Gasteiger partial charge is 0.494 e. The van der Waals surface area contributed by atoms with Gasteiger partial charge in [0.15, 0.2) is 5.88 Å². The molecule has 2 aromatic carbocycles. The summed E-state index contributed by atoms with van der Waals surface area (Å²) in [5.41, 5.74) is 1.87. The predicted molar refractivity (Wildman–Crippen MR) is 110 cm³/mol. The SMILES string of the molecule is Cn1c(O)c(C2=C(c3c[nH]c4ccccc34)C(=O)NC2=O)c2ccc([N+](=O)[O-])cc21. The van der Waals surface area contributed by atoms with E-state index in [1.807, 2.05) is 24.3 Å². The lowest BCUT2D eigenvalue weighted by molar-refractivity contribution is -0.384. The number of nitro groups is 1. The number of nitrogens with zero attached hydrogens (tertiary/aromatic N) is 2. The summed E-state index contributed by atoms with van der Waals surface area (Å²) in [6.07, 6.45) is 1.64. The Morgan fingerprint density at radius 1 is 1.03 bits per heavy atom. The Morgan fingerprint density at radius 3 is 2.53 bits per heavy atom. The molecule has 1 aliphatic rings. The third kappa shape index (κ3) is 2.29. The minimum Gasteiger partial charge on any atom is -0.494 e. The monoisotopic (exact) mass is 402 g/mol. The summed E-state index contributed by atoms with van der Waals surface area (Å²) in [6.45, 7) is 0. The fraction of sp³-hybridized carbons (Fsp3) is 0.0476. The summed E-state index contributed by atoms with van der Waals surface area (Å²) in [6, 6.07) is 11.4. The Bertz CT molecular complexity index is 1460. The van der Waals surface area contributed by atoms with E-state index in [1.165, 1.54) is 29.8 Å². The van der Waals surface area contributed by atoms with Crippen molar-refractivity contribution in [2.45, 2.75) is 0 Å². The lowest BCUT2D eigenvalue weighted by atomic mass is 9.95. The van der Waals surface area contributed by atoms with Crippen LogP contribution in [0.1, 0.15) is 11.1 Å². The molecule has 1 aliphatic heterocycles. The van der Waals surface area contributed by atoms with Gasteiger partial charge in [-0.25, -0.2) is 0 Å². The number of rotatable bonds is 3. The molecule has 3 heterocycles. The number of aryl methyl sites for hydroxylation is 1. The van der Waals surface area contributed by atoms with Crippen LogP contribution in [0.3, 0.4) is 0 Å². The topological polar surface area (TPSA) is 130 Å². The number of para-hydroxylation sites is 1. The molecule has 0 saturated heterocycles. The fourth-order valence-corrected chi connectivity index (χ4v) is 4.00. The Labute approximate surface area is 168 Å². The predicted octanol–water partition coefficient (Wildman–Crippen LogP) is 2.84. The van der Waals surface area contributed by atoms with Crippen molar-refractivity contribution in [1.82, 2.24) is 14.9 Å². The van der Waals surface area contributed by atoms with Crippen LogP contribution in [0.2, 0.25) is 0 Å². The van der Waals surface area contributed by atoms with E-state index in [0.717, 1.165) is 10.9 Å². The van der Waals surface area contributed by atoms with Crippen LogP contribution < -0.4 is 5.32 Å². The van der Waals surface area contributed by atoms with Gasteiger partial charge < -0.3 is 14.7 Å². The number of H-pyrrole nitrogens is 1. The second-order valence-corrected chi connectivity index (χ2v) is 7.00. The normalized spacial score (nSPS) is 14.2. The zero-order valence-corrected chi connectivity index (χ0v) is 15.6. The number of fused-ring (bicyclic) bond motifs is 2. The van der Waals surface area contributed by atoms with Crippen molar-refractivity contribution in [2.24, 2.45) is 7.05 Å². The summed E-state index contributed by atoms with van der Waals surface area (Å²) >= 11 is 0. The highest BCUT2D eigenvalue weighted by atomic mass is 16.6. The van der Waals surface area contributed by atoms with Gasteiger partial charge in [-0.05, 0) is 12.1 Å². The maximum atomic E-state index is 12.8. The van der Waals surface area contributed by atoms with Crippen molar-refractivity contribution in [2.75, 3.05) is 0 Å². The van der Waals surface area contributed by atoms with Gasteiger partial charge in [-0.15, -0.1) is 0 Å². The van der Waals surface area contributed by atoms with Crippen LogP contribution in [0.5, 0.6) is 5.88 Å². The van der Waals surface area contributed by atoms with Gasteiger partial charge in [0.1, 0.15) is 0 Å². The Hall–Kier alpha value is -4.40. The quantitative estimate of drug-likeness (QED) is 0.276. The van der Waals surface area contributed by atoms with Crippen LogP contribution in [0.4, 0.5) is 5.69 Å². The molecule has 2 amide bonds. The molecule has 4 aromatic rings. The molecular formula is C21H14N4O5. The molecule has 0 spiro atoms. The molecule has 0 atom stereocenters. The molecule has 30 heavy (non-hydrogen) atoms. The Kier molecular flexibility index (Phi) is 3.56. The second-order valence-electron chi connectivity index (χ2n) is 7.00. The standard InChI is InChI=1S/C21H14N4O5/c1-24-15-8-10(25(29)30)6-7-12(15)17(21(24)28)18-16(19(26)23-20(18)27)13-9-22-14-5-3-2-4-11(13)14/h2-9,22,28H,1H3,(H,23,26,27). The summed E-state index contributed by atoms with van der Waals surface area (Å²) in [7, 11) is 1.53. The molecule has 0 fully saturated rings. The first-order valence-electron chi connectivity index (χ1n) is 9.01. The average molecular weight is 402 g/mol. The number of hydrogen-bond acceptors (Lipinski definition) is 5. The van der Waals surface area contributed by atoms with Gasteiger partial charge in [0.05, 0.1) is 27.1 Å². The number of aromatic amines is 1. The second kappa shape index (κ2) is 6.05. The smallest absolute Gasteiger partial charge is 0.271 e. The Balaban J connectivity index is 1.86. The van der Waals surface area contributed by atoms with Crippen molar-refractivity contribution >= 4 is 50.5 Å². The number of carbonyl (C=O) groups excluding carboxylic acids is 2. The van der Waals surface area contributed by atoms with Crippen molar-refractivity contribution in [1.29, 1.82) is 0 Å². The molecule has 9 heteroatoms. The minimum atomic E-state index is -0.638. The number of aromatic nitrogens is 2. The van der Waals surface area contributed by atoms with Crippen LogP contribution in [0, 0.1) is 10.1 Å². The lowest BCUT2D eigenvalue weighted by Gasteiger charge is -2.04. The number of imide groups is 1. The van der Waals surface area contributed by atoms with Crippen molar-refractivity contribution in [3.05, 3.63) is 69.9 Å². The van der Waals surface area contributed by atoms with Gasteiger partial charge in [0.25, 0.3) is 17.5 Å². The van der Waals surface area contributed by atoms with E-state index in [2.05, 4.69) is 10.3 Å². The van der Waals surface area contributed by atoms with Gasteiger partial charge >= 0.3 is 0 Å². The first-order chi connectivity index (χ1) is 14.4. The first kappa shape index (κ1) is 17.7. The number of aromatic hydroxyl groups is 1. The molecule has 9 nitrogen and oxygen atoms in total. The van der Waals surface area contributed by atoms with E-state index in [-0.39, 0.29) is 28.3 Å². The maximum absolute atomic E-state index is 12.8. The zero-order chi connectivity index (χ0) is 21.2. The molecular weight excluding hydrogens is 388 g/mol. The third-order valence-corrected chi connectivity index (χ3v) is 5.40. The van der Waals surface area contributed by atoms with Gasteiger partial charge in [0, 0.05) is 47.2 Å². The van der Waals surface area contributed by atoms with Crippen LogP contribution >= 0.6 is 0 Å². The van der Waals surface area contributed by atoms with Crippen LogP contribution in [-0.2, 0) is 16.6 Å². The van der Waals surface area contributed by atoms with Gasteiger partial charge in [-0.1, -0.05) is 18.2 Å². The number of amides is 2. The van der Waals surface area contributed by atoms with E-state index in [1.54, 1.807) is 6.20 Å². The summed E-state index contributed by atoms with van der Waals surface area (Å²) in [5.74, 6) is -1.47. The number of hydrogen-bond donors (Lipinski definition) is 3. The molecule has 0 unspecified atom stereocenters. The van der Waals surface area contributed by atoms with Gasteiger partial charge in [0.2, 0.25) is 0 Å². The molecule has 0 radical (unpaired) electrons. The number of nitrogens with one attached hydrogen (secondary N) is 2. The van der Waals surface area contributed by atoms with E-state index >= 15 is 0 Å². The van der Waals surface area contributed by atoms with E-state index in [4.69, 9.17) is 0 Å². The molecule has 5 rings (SSSR count). The Morgan fingerprint density at radius 2 is 1.77 bits per heavy atom. The van der Waals surface area contributed by atoms with Crippen molar-refractivity contribution in [3.8, 4) is 5.88 Å². The van der Waals surface area contributed by atoms with Crippen LogP contribution in [0.25, 0.3) is 33.0 Å². The minimum absolute atomic E-state index is 0.0294. The third-order valence-electron chi connectivity index (χ3n) is 5.40. The van der Waals surface area contributed by atoms with E-state index in [0.29, 0.717) is 16.5 Å². The van der Waals surface area contributed by atoms with E-state index in [9.17, 15) is 24.8 Å². The summed E-state index contributed by atoms with van der Waals surface area (Å²) in [4.78, 5) is 39.2. The highest BCUT2D eigenvalue weighted by Gasteiger charge is 2.37. The number of benzene rings is 2. The highest BCUT2D eigenvalue weighted by molar-refractivity contribution is 6.51. The summed E-state index contributed by atoms with van der Waals surface area (Å²) < 4.78 is 1.35. The van der Waals surface area contributed by atoms with Crippen LogP contribution in [0.15, 0.2) is 48.7 Å². The average Bonchev–Trinajstić information content (AvgIpc) is 3.34. The molecule has 148 valence electrons. The fourth-order valence-electron chi connectivity index (χ4n) is 4.00. The van der Waals surface area contributed by atoms with E-state index < -0.39 is 16.7 Å². The maximum Gasteiger partial charge on any atom is 0.271 e. The number of carbonyl (C=O) groups is 2. The molecule has 3 N–H and O–H groups in total. The van der Waals surface area contributed by atoms with Crippen LogP contribution in [-0.4, -0.2) is 31.4 Å². The number of non-ortho nitro benzene ring substituents is 1.